The molecule has 0 saturated heterocycles. The highest BCUT2D eigenvalue weighted by Gasteiger charge is 2.11. The van der Waals surface area contributed by atoms with Crippen molar-refractivity contribution in [3.05, 3.63) is 50.9 Å². The minimum absolute atomic E-state index is 0.127. The SMILES string of the molecule is CC(C)c1cc(C(=O)NCc2ccsc2)cc(Cl)n1. The average Bonchev–Trinajstić information content (AvgIpc) is 2.88. The molecular formula is C14H15ClN2OS. The molecule has 0 aromatic carbocycles. The van der Waals surface area contributed by atoms with Gasteiger partial charge in [-0.1, -0.05) is 25.4 Å². The van der Waals surface area contributed by atoms with Crippen molar-refractivity contribution in [2.45, 2.75) is 26.3 Å². The third-order valence-corrected chi connectivity index (χ3v) is 3.63. The van der Waals surface area contributed by atoms with E-state index in [1.54, 1.807) is 23.5 Å². The van der Waals surface area contributed by atoms with Crippen LogP contribution in [-0.2, 0) is 6.54 Å². The number of hydrogen-bond donors (Lipinski definition) is 1. The molecule has 0 bridgehead atoms. The third-order valence-electron chi connectivity index (χ3n) is 2.70. The van der Waals surface area contributed by atoms with Crippen molar-refractivity contribution in [3.8, 4) is 0 Å². The van der Waals surface area contributed by atoms with Gasteiger partial charge >= 0.3 is 0 Å². The van der Waals surface area contributed by atoms with Crippen molar-refractivity contribution >= 4 is 28.8 Å². The van der Waals surface area contributed by atoms with Crippen molar-refractivity contribution < 1.29 is 4.79 Å². The summed E-state index contributed by atoms with van der Waals surface area (Å²) in [5, 5.41) is 7.23. The number of thiophene rings is 1. The topological polar surface area (TPSA) is 42.0 Å². The molecule has 100 valence electrons. The number of nitrogens with one attached hydrogen (secondary N) is 1. The van der Waals surface area contributed by atoms with Crippen LogP contribution < -0.4 is 5.32 Å². The van der Waals surface area contributed by atoms with E-state index in [0.717, 1.165) is 11.3 Å². The van der Waals surface area contributed by atoms with Gasteiger partial charge in [-0.25, -0.2) is 4.98 Å². The number of rotatable bonds is 4. The van der Waals surface area contributed by atoms with Gasteiger partial charge in [0.15, 0.2) is 0 Å². The molecule has 1 amide bonds. The van der Waals surface area contributed by atoms with E-state index in [9.17, 15) is 4.79 Å². The number of carbonyl (C=O) groups is 1. The molecular weight excluding hydrogens is 280 g/mol. The second-order valence-electron chi connectivity index (χ2n) is 4.57. The highest BCUT2D eigenvalue weighted by molar-refractivity contribution is 7.07. The maximum absolute atomic E-state index is 12.1. The highest BCUT2D eigenvalue weighted by Crippen LogP contribution is 2.17. The van der Waals surface area contributed by atoms with Gasteiger partial charge in [0.05, 0.1) is 0 Å². The van der Waals surface area contributed by atoms with E-state index in [1.807, 2.05) is 30.7 Å². The van der Waals surface area contributed by atoms with Crippen LogP contribution in [0.2, 0.25) is 5.15 Å². The Morgan fingerprint density at radius 3 is 2.89 bits per heavy atom. The van der Waals surface area contributed by atoms with Crippen molar-refractivity contribution in [2.24, 2.45) is 0 Å². The summed E-state index contributed by atoms with van der Waals surface area (Å²) in [6.45, 7) is 4.57. The van der Waals surface area contributed by atoms with Gasteiger partial charge < -0.3 is 5.32 Å². The second-order valence-corrected chi connectivity index (χ2v) is 5.74. The van der Waals surface area contributed by atoms with Gasteiger partial charge in [0, 0.05) is 17.8 Å². The lowest BCUT2D eigenvalue weighted by molar-refractivity contribution is 0.0950. The normalized spacial score (nSPS) is 10.7. The Kier molecular flexibility index (Phi) is 4.56. The quantitative estimate of drug-likeness (QED) is 0.870. The fourth-order valence-electron chi connectivity index (χ4n) is 1.62. The molecule has 0 radical (unpaired) electrons. The lowest BCUT2D eigenvalue weighted by Crippen LogP contribution is -2.22. The first-order chi connectivity index (χ1) is 9.06. The molecule has 2 heterocycles. The van der Waals surface area contributed by atoms with Crippen LogP contribution in [0.15, 0.2) is 29.0 Å². The van der Waals surface area contributed by atoms with E-state index in [-0.39, 0.29) is 11.8 Å². The summed E-state index contributed by atoms with van der Waals surface area (Å²) in [7, 11) is 0. The first kappa shape index (κ1) is 14.0. The Morgan fingerprint density at radius 2 is 2.26 bits per heavy atom. The zero-order valence-electron chi connectivity index (χ0n) is 10.8. The van der Waals surface area contributed by atoms with E-state index in [0.29, 0.717) is 17.3 Å². The molecule has 0 spiro atoms. The molecule has 0 unspecified atom stereocenters. The first-order valence-electron chi connectivity index (χ1n) is 6.03. The Balaban J connectivity index is 2.10. The van der Waals surface area contributed by atoms with E-state index in [1.165, 1.54) is 0 Å². The van der Waals surface area contributed by atoms with Crippen LogP contribution in [0.4, 0.5) is 0 Å². The van der Waals surface area contributed by atoms with Crippen LogP contribution in [0.5, 0.6) is 0 Å². The number of amides is 1. The molecule has 0 fully saturated rings. The predicted octanol–water partition coefficient (Wildman–Crippen LogP) is 3.85. The van der Waals surface area contributed by atoms with Crippen LogP contribution in [0.1, 0.15) is 41.4 Å². The summed E-state index contributed by atoms with van der Waals surface area (Å²) in [4.78, 5) is 16.3. The van der Waals surface area contributed by atoms with Gasteiger partial charge in [-0.3, -0.25) is 4.79 Å². The van der Waals surface area contributed by atoms with E-state index in [2.05, 4.69) is 10.3 Å². The van der Waals surface area contributed by atoms with Crippen LogP contribution in [0, 0.1) is 0 Å². The molecule has 2 rings (SSSR count). The average molecular weight is 295 g/mol. The number of nitrogens with zero attached hydrogens (tertiary/aromatic N) is 1. The third kappa shape index (κ3) is 3.78. The summed E-state index contributed by atoms with van der Waals surface area (Å²) in [6.07, 6.45) is 0. The summed E-state index contributed by atoms with van der Waals surface area (Å²) < 4.78 is 0. The molecule has 19 heavy (non-hydrogen) atoms. The number of hydrogen-bond acceptors (Lipinski definition) is 3. The minimum Gasteiger partial charge on any atom is -0.348 e. The Morgan fingerprint density at radius 1 is 1.47 bits per heavy atom. The zero-order chi connectivity index (χ0) is 13.8. The minimum atomic E-state index is -0.127. The monoisotopic (exact) mass is 294 g/mol. The van der Waals surface area contributed by atoms with Gasteiger partial charge in [-0.15, -0.1) is 0 Å². The molecule has 3 nitrogen and oxygen atoms in total. The molecule has 0 aliphatic carbocycles. The lowest BCUT2D eigenvalue weighted by atomic mass is 10.1. The Labute approximate surface area is 121 Å². The maximum Gasteiger partial charge on any atom is 0.251 e. The molecule has 0 aliphatic rings. The first-order valence-corrected chi connectivity index (χ1v) is 7.35. The van der Waals surface area contributed by atoms with Crippen molar-refractivity contribution in [1.82, 2.24) is 10.3 Å². The number of halogens is 1. The maximum atomic E-state index is 12.1. The van der Waals surface area contributed by atoms with Crippen LogP contribution in [-0.4, -0.2) is 10.9 Å². The smallest absolute Gasteiger partial charge is 0.251 e. The predicted molar refractivity (Wildman–Crippen MR) is 78.8 cm³/mol. The van der Waals surface area contributed by atoms with E-state index >= 15 is 0 Å². The zero-order valence-corrected chi connectivity index (χ0v) is 12.4. The van der Waals surface area contributed by atoms with Gasteiger partial charge in [0.2, 0.25) is 0 Å². The standard InChI is InChI=1S/C14H15ClN2OS/c1-9(2)12-5-11(6-13(15)17-12)14(18)16-7-10-3-4-19-8-10/h3-6,8-9H,7H2,1-2H3,(H,16,18). The van der Waals surface area contributed by atoms with Crippen LogP contribution >= 0.6 is 22.9 Å². The summed E-state index contributed by atoms with van der Waals surface area (Å²) in [5.41, 5.74) is 2.48. The fourth-order valence-corrected chi connectivity index (χ4v) is 2.51. The molecule has 5 heteroatoms. The molecule has 1 N–H and O–H groups in total. The summed E-state index contributed by atoms with van der Waals surface area (Å²) in [5.74, 6) is 0.111. The van der Waals surface area contributed by atoms with E-state index in [4.69, 9.17) is 11.6 Å². The summed E-state index contributed by atoms with van der Waals surface area (Å²) in [6, 6.07) is 5.37. The van der Waals surface area contributed by atoms with Gasteiger partial charge in [0.1, 0.15) is 5.15 Å². The molecule has 2 aromatic heterocycles. The summed E-state index contributed by atoms with van der Waals surface area (Å²) >= 11 is 7.56. The van der Waals surface area contributed by atoms with Crippen LogP contribution in [0.25, 0.3) is 0 Å². The number of carbonyl (C=O) groups excluding carboxylic acids is 1. The van der Waals surface area contributed by atoms with Gasteiger partial charge in [-0.05, 0) is 40.4 Å². The highest BCUT2D eigenvalue weighted by atomic mass is 35.5. The second kappa shape index (κ2) is 6.17. The molecule has 0 saturated carbocycles. The Bertz CT molecular complexity index is 567. The van der Waals surface area contributed by atoms with Crippen molar-refractivity contribution in [1.29, 1.82) is 0 Å². The van der Waals surface area contributed by atoms with Gasteiger partial charge in [0.25, 0.3) is 5.91 Å². The lowest BCUT2D eigenvalue weighted by Gasteiger charge is -2.09. The van der Waals surface area contributed by atoms with Gasteiger partial charge in [-0.2, -0.15) is 11.3 Å². The molecule has 2 aromatic rings. The fraction of sp³-hybridized carbons (Fsp3) is 0.286. The van der Waals surface area contributed by atoms with Crippen LogP contribution in [0.3, 0.4) is 0 Å². The number of aromatic nitrogens is 1. The van der Waals surface area contributed by atoms with Crippen molar-refractivity contribution in [2.75, 3.05) is 0 Å². The molecule has 0 aliphatic heterocycles. The van der Waals surface area contributed by atoms with Crippen molar-refractivity contribution in [3.63, 3.8) is 0 Å². The van der Waals surface area contributed by atoms with E-state index < -0.39 is 0 Å². The number of pyridine rings is 1. The largest absolute Gasteiger partial charge is 0.348 e. The Hall–Kier alpha value is -1.39. The molecule has 0 atom stereocenters.